The van der Waals surface area contributed by atoms with E-state index in [9.17, 15) is 14.4 Å². The Hall–Kier alpha value is -2.62. The number of carbonyl (C=O) groups is 1. The third kappa shape index (κ3) is 9.03. The molecule has 1 N–H and O–H groups in total. The summed E-state index contributed by atoms with van der Waals surface area (Å²) in [7, 11) is 1.72. The van der Waals surface area contributed by atoms with Crippen LogP contribution in [0.2, 0.25) is 0 Å². The highest BCUT2D eigenvalue weighted by atomic mass is 16.6. The summed E-state index contributed by atoms with van der Waals surface area (Å²) >= 11 is 0. The van der Waals surface area contributed by atoms with Gasteiger partial charge >= 0.3 is 11.7 Å². The Morgan fingerprint density at radius 1 is 1.21 bits per heavy atom. The molecule has 1 aromatic rings. The second-order valence-electron chi connectivity index (χ2n) is 8.37. The number of ether oxygens (including phenoxy) is 3. The summed E-state index contributed by atoms with van der Waals surface area (Å²) in [6, 6.07) is -0.587. The lowest BCUT2D eigenvalue weighted by atomic mass is 10.1. The summed E-state index contributed by atoms with van der Waals surface area (Å²) in [6.07, 6.45) is 9.31. The molecule has 0 saturated carbocycles. The van der Waals surface area contributed by atoms with E-state index in [0.29, 0.717) is 12.0 Å². The van der Waals surface area contributed by atoms with Crippen molar-refractivity contribution in [3.63, 3.8) is 0 Å². The van der Waals surface area contributed by atoms with Crippen LogP contribution in [0.4, 0.5) is 0 Å². The summed E-state index contributed by atoms with van der Waals surface area (Å²) in [5.41, 5.74) is 8.13. The van der Waals surface area contributed by atoms with Gasteiger partial charge in [-0.3, -0.25) is 19.1 Å². The molecule has 0 bridgehead atoms. The molecule has 3 atom stereocenters. The third-order valence-corrected chi connectivity index (χ3v) is 5.75. The minimum absolute atomic E-state index is 0.0580. The number of rotatable bonds is 15. The average Bonchev–Trinajstić information content (AvgIpc) is 3.18. The molecule has 0 radical (unpaired) electrons. The highest BCUT2D eigenvalue weighted by Gasteiger charge is 2.37. The molecule has 1 aliphatic heterocycles. The number of carbonyl (C=O) groups excluding carboxylic acids is 1. The first-order valence-electron chi connectivity index (χ1n) is 11.6. The fourth-order valence-corrected chi connectivity index (χ4v) is 3.85. The molecule has 1 aliphatic rings. The number of aryl methyl sites for hydroxylation is 1. The van der Waals surface area contributed by atoms with E-state index in [0.717, 1.165) is 38.7 Å². The van der Waals surface area contributed by atoms with E-state index in [-0.39, 0.29) is 19.0 Å². The highest BCUT2D eigenvalue weighted by molar-refractivity contribution is 5.69. The van der Waals surface area contributed by atoms with Crippen molar-refractivity contribution in [1.82, 2.24) is 9.55 Å². The second kappa shape index (κ2) is 14.5. The Kier molecular flexibility index (Phi) is 11.7. The number of unbranched alkanes of at least 4 members (excludes halogenated alkanes) is 7. The molecule has 2 rings (SSSR count). The van der Waals surface area contributed by atoms with Crippen LogP contribution >= 0.6 is 0 Å². The van der Waals surface area contributed by atoms with Gasteiger partial charge in [0.15, 0.2) is 0 Å². The van der Waals surface area contributed by atoms with Crippen LogP contribution in [-0.2, 0) is 19.0 Å². The van der Waals surface area contributed by atoms with Gasteiger partial charge in [-0.15, -0.1) is 0 Å². The number of aromatic nitrogens is 2. The van der Waals surface area contributed by atoms with Crippen molar-refractivity contribution in [3.05, 3.63) is 43.0 Å². The minimum Gasteiger partial charge on any atom is -0.463 e. The van der Waals surface area contributed by atoms with Crippen molar-refractivity contribution >= 4 is 5.97 Å². The predicted octanol–water partition coefficient (Wildman–Crippen LogP) is 3.51. The minimum atomic E-state index is -0.721. The van der Waals surface area contributed by atoms with E-state index in [1.165, 1.54) is 30.0 Å². The molecule has 0 amide bonds. The quantitative estimate of drug-likeness (QED) is 0.138. The number of methoxy groups -OCH3 is 1. The van der Waals surface area contributed by atoms with Crippen LogP contribution in [-0.4, -0.2) is 48.0 Å². The highest BCUT2D eigenvalue weighted by Crippen LogP contribution is 2.30. The van der Waals surface area contributed by atoms with E-state index in [1.54, 1.807) is 14.0 Å². The van der Waals surface area contributed by atoms with E-state index in [4.69, 9.17) is 19.7 Å². The van der Waals surface area contributed by atoms with Crippen LogP contribution < -0.4 is 11.2 Å². The van der Waals surface area contributed by atoms with Gasteiger partial charge in [0.25, 0.3) is 5.56 Å². The third-order valence-electron chi connectivity index (χ3n) is 5.75. The number of esters is 1. The zero-order valence-corrected chi connectivity index (χ0v) is 19.5. The fraction of sp³-hybridized carbons (Fsp3) is 0.773. The molecular weight excluding hydrogens is 430 g/mol. The van der Waals surface area contributed by atoms with Crippen LogP contribution in [0.5, 0.6) is 0 Å². The van der Waals surface area contributed by atoms with Crippen molar-refractivity contribution in [3.8, 4) is 0 Å². The lowest BCUT2D eigenvalue weighted by Gasteiger charge is -2.17. The van der Waals surface area contributed by atoms with Gasteiger partial charge in [0, 0.05) is 43.2 Å². The zero-order valence-electron chi connectivity index (χ0n) is 19.5. The SMILES string of the molecule is COCCCCCCCCCCC(=O)OCC1OC(n2cc(C)c(=O)[nH]c2=O)CC1N=[N+]=[N-]. The van der Waals surface area contributed by atoms with Crippen molar-refractivity contribution < 1.29 is 19.0 Å². The number of hydrogen-bond acceptors (Lipinski definition) is 7. The van der Waals surface area contributed by atoms with Crippen molar-refractivity contribution in [2.24, 2.45) is 5.11 Å². The number of azide groups is 1. The lowest BCUT2D eigenvalue weighted by Crippen LogP contribution is -2.33. The Morgan fingerprint density at radius 3 is 2.55 bits per heavy atom. The van der Waals surface area contributed by atoms with Crippen LogP contribution in [0.1, 0.15) is 76.0 Å². The maximum atomic E-state index is 12.1. The summed E-state index contributed by atoms with van der Waals surface area (Å²) in [5.74, 6) is -0.321. The van der Waals surface area contributed by atoms with Crippen molar-refractivity contribution in [2.45, 2.75) is 89.5 Å². The molecule has 2 heterocycles. The molecule has 0 aromatic carbocycles. The first-order valence-corrected chi connectivity index (χ1v) is 11.6. The van der Waals surface area contributed by atoms with Crippen molar-refractivity contribution in [2.75, 3.05) is 20.3 Å². The Bertz CT molecular complexity index is 907. The van der Waals surface area contributed by atoms with Crippen molar-refractivity contribution in [1.29, 1.82) is 0 Å². The van der Waals surface area contributed by atoms with Gasteiger partial charge in [-0.05, 0) is 25.3 Å². The number of nitrogens with one attached hydrogen (secondary N) is 1. The van der Waals surface area contributed by atoms with Gasteiger partial charge in [-0.25, -0.2) is 4.79 Å². The van der Waals surface area contributed by atoms with Gasteiger partial charge in [0.1, 0.15) is 18.9 Å². The largest absolute Gasteiger partial charge is 0.463 e. The maximum absolute atomic E-state index is 12.1. The van der Waals surface area contributed by atoms with E-state index in [2.05, 4.69) is 15.0 Å². The molecule has 33 heavy (non-hydrogen) atoms. The maximum Gasteiger partial charge on any atom is 0.330 e. The van der Waals surface area contributed by atoms with E-state index in [1.807, 2.05) is 0 Å². The molecule has 11 heteroatoms. The van der Waals surface area contributed by atoms with Crippen LogP contribution in [0, 0.1) is 6.92 Å². The predicted molar refractivity (Wildman–Crippen MR) is 122 cm³/mol. The molecule has 184 valence electrons. The molecule has 1 fully saturated rings. The van der Waals surface area contributed by atoms with Crippen LogP contribution in [0.15, 0.2) is 20.9 Å². The van der Waals surface area contributed by atoms with E-state index < -0.39 is 29.6 Å². The number of nitrogens with zero attached hydrogens (tertiary/aromatic N) is 4. The summed E-state index contributed by atoms with van der Waals surface area (Å²) in [6.45, 7) is 2.35. The normalized spacial score (nSPS) is 19.9. The molecule has 3 unspecified atom stereocenters. The number of aromatic amines is 1. The standard InChI is InChI=1S/C22H35N5O6/c1-16-14-27(22(30)24-21(16)29)19-13-17(25-26-23)18(33-19)15-32-20(28)11-9-7-5-3-4-6-8-10-12-31-2/h14,17-19H,3-13,15H2,1-2H3,(H,24,29,30). The Balaban J connectivity index is 1.71. The summed E-state index contributed by atoms with van der Waals surface area (Å²) < 4.78 is 17.5. The van der Waals surface area contributed by atoms with Crippen LogP contribution in [0.25, 0.3) is 10.4 Å². The van der Waals surface area contributed by atoms with Gasteiger partial charge in [-0.1, -0.05) is 43.6 Å². The summed E-state index contributed by atoms with van der Waals surface area (Å²) in [5, 5.41) is 3.73. The molecule has 0 spiro atoms. The van der Waals surface area contributed by atoms with Gasteiger partial charge in [0.05, 0.1) is 6.04 Å². The van der Waals surface area contributed by atoms with Crippen LogP contribution in [0.3, 0.4) is 0 Å². The van der Waals surface area contributed by atoms with Gasteiger partial charge in [0.2, 0.25) is 0 Å². The van der Waals surface area contributed by atoms with Gasteiger partial charge < -0.3 is 14.2 Å². The Morgan fingerprint density at radius 2 is 1.88 bits per heavy atom. The molecule has 1 aromatic heterocycles. The summed E-state index contributed by atoms with van der Waals surface area (Å²) in [4.78, 5) is 40.9. The molecular formula is C22H35N5O6. The van der Waals surface area contributed by atoms with Gasteiger partial charge in [-0.2, -0.15) is 0 Å². The topological polar surface area (TPSA) is 148 Å². The lowest BCUT2D eigenvalue weighted by molar-refractivity contribution is -0.148. The zero-order chi connectivity index (χ0) is 24.1. The first kappa shape index (κ1) is 26.6. The monoisotopic (exact) mass is 465 g/mol. The molecule has 11 nitrogen and oxygen atoms in total. The fourth-order valence-electron chi connectivity index (χ4n) is 3.85. The molecule has 1 saturated heterocycles. The second-order valence-corrected chi connectivity index (χ2v) is 8.37. The Labute approximate surface area is 193 Å². The number of hydrogen-bond donors (Lipinski definition) is 1. The first-order chi connectivity index (χ1) is 16.0. The average molecular weight is 466 g/mol. The number of H-pyrrole nitrogens is 1. The smallest absolute Gasteiger partial charge is 0.330 e. The molecule has 0 aliphatic carbocycles. The van der Waals surface area contributed by atoms with E-state index >= 15 is 0 Å².